The quantitative estimate of drug-likeness (QED) is 0.312. The van der Waals surface area contributed by atoms with Crippen LogP contribution in [0.2, 0.25) is 5.02 Å². The molecule has 0 fully saturated rings. The summed E-state index contributed by atoms with van der Waals surface area (Å²) in [6.45, 7) is 0. The summed E-state index contributed by atoms with van der Waals surface area (Å²) >= 11 is 5.81. The van der Waals surface area contributed by atoms with E-state index in [9.17, 15) is 13.2 Å². The normalized spacial score (nSPS) is 11.0. The smallest absolute Gasteiger partial charge is 0.322 e. The van der Waals surface area contributed by atoms with Crippen molar-refractivity contribution in [2.75, 3.05) is 31.4 Å². The van der Waals surface area contributed by atoms with Gasteiger partial charge in [-0.3, -0.25) is 14.8 Å². The number of halogens is 1. The maximum absolute atomic E-state index is 12.6. The van der Waals surface area contributed by atoms with Crippen LogP contribution < -0.4 is 24.2 Å². The summed E-state index contributed by atoms with van der Waals surface area (Å²) in [6.07, 6.45) is 0. The molecule has 0 spiro atoms. The lowest BCUT2D eigenvalue weighted by molar-refractivity contribution is 0.102. The van der Waals surface area contributed by atoms with Gasteiger partial charge in [-0.25, -0.2) is 8.42 Å². The van der Waals surface area contributed by atoms with Gasteiger partial charge in [-0.15, -0.1) is 5.10 Å². The first-order chi connectivity index (χ1) is 17.7. The van der Waals surface area contributed by atoms with Crippen molar-refractivity contribution in [3.63, 3.8) is 0 Å². The number of amides is 1. The molecule has 0 atom stereocenters. The van der Waals surface area contributed by atoms with Gasteiger partial charge < -0.3 is 18.6 Å². The third-order valence-corrected chi connectivity index (χ3v) is 6.73. The number of hydrogen-bond donors (Lipinski definition) is 2. The van der Waals surface area contributed by atoms with Crippen LogP contribution in [0, 0.1) is 0 Å². The summed E-state index contributed by atoms with van der Waals surface area (Å²) in [7, 11) is 0.631. The Bertz CT molecular complexity index is 1500. The van der Waals surface area contributed by atoms with Crippen molar-refractivity contribution in [2.24, 2.45) is 0 Å². The second-order valence-corrected chi connectivity index (χ2v) is 9.54. The summed E-state index contributed by atoms with van der Waals surface area (Å²) in [5.74, 6) is 0.772. The standard InChI is InChI=1S/C24H21ClN4O7S/c1-33-19-12-15(13-20(34-2)21(19)35-3)23-27-28-24(36-23)26-22(30)14-4-8-17(9-5-14)29-37(31,32)18-10-6-16(25)7-11-18/h4-13,29H,1-3H3,(H,26,28,30). The summed E-state index contributed by atoms with van der Waals surface area (Å²) < 4.78 is 49.0. The van der Waals surface area contributed by atoms with E-state index in [0.29, 0.717) is 27.8 Å². The van der Waals surface area contributed by atoms with Gasteiger partial charge in [0.05, 0.1) is 26.2 Å². The molecule has 0 aliphatic carbocycles. The van der Waals surface area contributed by atoms with E-state index < -0.39 is 15.9 Å². The number of rotatable bonds is 9. The molecule has 13 heteroatoms. The van der Waals surface area contributed by atoms with E-state index in [1.807, 2.05) is 0 Å². The van der Waals surface area contributed by atoms with Gasteiger partial charge in [0.15, 0.2) is 11.5 Å². The summed E-state index contributed by atoms with van der Waals surface area (Å²) in [5.41, 5.74) is 0.996. The van der Waals surface area contributed by atoms with Gasteiger partial charge in [-0.05, 0) is 60.7 Å². The highest BCUT2D eigenvalue weighted by molar-refractivity contribution is 7.92. The van der Waals surface area contributed by atoms with Crippen molar-refractivity contribution in [3.8, 4) is 28.7 Å². The van der Waals surface area contributed by atoms with Crippen LogP contribution in [0.15, 0.2) is 70.0 Å². The molecule has 1 amide bonds. The number of ether oxygens (including phenoxy) is 3. The Morgan fingerprint density at radius 1 is 0.892 bits per heavy atom. The van der Waals surface area contributed by atoms with Gasteiger partial charge in [0.25, 0.3) is 15.9 Å². The number of carbonyl (C=O) groups excluding carboxylic acids is 1. The maximum atomic E-state index is 12.6. The van der Waals surface area contributed by atoms with E-state index >= 15 is 0 Å². The summed E-state index contributed by atoms with van der Waals surface area (Å²) in [6, 6.07) is 14.7. The molecule has 4 rings (SSSR count). The van der Waals surface area contributed by atoms with Crippen LogP contribution in [0.3, 0.4) is 0 Å². The van der Waals surface area contributed by atoms with Crippen molar-refractivity contribution < 1.29 is 31.8 Å². The molecule has 0 saturated carbocycles. The van der Waals surface area contributed by atoms with Gasteiger partial charge >= 0.3 is 6.01 Å². The number of methoxy groups -OCH3 is 3. The minimum atomic E-state index is -3.82. The van der Waals surface area contributed by atoms with Gasteiger partial charge in [0.1, 0.15) is 0 Å². The van der Waals surface area contributed by atoms with E-state index in [1.165, 1.54) is 69.9 Å². The lowest BCUT2D eigenvalue weighted by Crippen LogP contribution is -2.14. The largest absolute Gasteiger partial charge is 0.493 e. The zero-order chi connectivity index (χ0) is 26.6. The zero-order valence-electron chi connectivity index (χ0n) is 19.8. The second kappa shape index (κ2) is 10.8. The van der Waals surface area contributed by atoms with E-state index in [4.69, 9.17) is 30.2 Å². The van der Waals surface area contributed by atoms with Crippen LogP contribution in [-0.4, -0.2) is 45.9 Å². The highest BCUT2D eigenvalue weighted by Crippen LogP contribution is 2.41. The molecule has 0 unspecified atom stereocenters. The zero-order valence-corrected chi connectivity index (χ0v) is 21.4. The number of sulfonamides is 1. The van der Waals surface area contributed by atoms with Gasteiger partial charge in [-0.2, -0.15) is 0 Å². The third kappa shape index (κ3) is 5.76. The SMILES string of the molecule is COc1cc(-c2nnc(NC(=O)c3ccc(NS(=O)(=O)c4ccc(Cl)cc4)cc3)o2)cc(OC)c1OC. The topological polar surface area (TPSA) is 142 Å². The Balaban J connectivity index is 1.46. The molecule has 11 nitrogen and oxygen atoms in total. The van der Waals surface area contributed by atoms with Crippen LogP contribution in [-0.2, 0) is 10.0 Å². The Hall–Kier alpha value is -4.29. The molecule has 192 valence electrons. The monoisotopic (exact) mass is 544 g/mol. The summed E-state index contributed by atoms with van der Waals surface area (Å²) in [5, 5.41) is 10.7. The molecule has 0 saturated heterocycles. The number of anilines is 2. The van der Waals surface area contributed by atoms with Gasteiger partial charge in [0, 0.05) is 21.8 Å². The van der Waals surface area contributed by atoms with Crippen molar-refractivity contribution >= 4 is 39.2 Å². The van der Waals surface area contributed by atoms with E-state index in [1.54, 1.807) is 12.1 Å². The lowest BCUT2D eigenvalue weighted by atomic mass is 10.2. The first-order valence-electron chi connectivity index (χ1n) is 10.6. The molecule has 37 heavy (non-hydrogen) atoms. The fourth-order valence-corrected chi connectivity index (χ4v) is 4.47. The number of benzene rings is 3. The molecule has 0 aliphatic rings. The van der Waals surface area contributed by atoms with Gasteiger partial charge in [0.2, 0.25) is 11.6 Å². The van der Waals surface area contributed by atoms with Crippen LogP contribution in [0.4, 0.5) is 11.7 Å². The fraction of sp³-hybridized carbons (Fsp3) is 0.125. The Morgan fingerprint density at radius 3 is 2.08 bits per heavy atom. The first kappa shape index (κ1) is 25.8. The van der Waals surface area contributed by atoms with Crippen LogP contribution in [0.1, 0.15) is 10.4 Å². The fourth-order valence-electron chi connectivity index (χ4n) is 3.28. The maximum Gasteiger partial charge on any atom is 0.322 e. The average Bonchev–Trinajstić information content (AvgIpc) is 3.36. The molecular weight excluding hydrogens is 524 g/mol. The minimum absolute atomic E-state index is 0.0537. The van der Waals surface area contributed by atoms with Crippen molar-refractivity contribution in [1.29, 1.82) is 0 Å². The second-order valence-electron chi connectivity index (χ2n) is 7.42. The van der Waals surface area contributed by atoms with Crippen LogP contribution in [0.5, 0.6) is 17.2 Å². The number of nitrogens with one attached hydrogen (secondary N) is 2. The molecule has 4 aromatic rings. The van der Waals surface area contributed by atoms with E-state index in [-0.39, 0.29) is 28.1 Å². The first-order valence-corrected chi connectivity index (χ1v) is 12.4. The molecule has 2 N–H and O–H groups in total. The molecular formula is C24H21ClN4O7S. The lowest BCUT2D eigenvalue weighted by Gasteiger charge is -2.12. The number of aromatic nitrogens is 2. The minimum Gasteiger partial charge on any atom is -0.493 e. The molecule has 0 aliphatic heterocycles. The van der Waals surface area contributed by atoms with Crippen molar-refractivity contribution in [1.82, 2.24) is 10.2 Å². The Labute approximate surface area is 217 Å². The third-order valence-electron chi connectivity index (χ3n) is 5.08. The van der Waals surface area contributed by atoms with E-state index in [0.717, 1.165) is 0 Å². The van der Waals surface area contributed by atoms with Crippen molar-refractivity contribution in [3.05, 3.63) is 71.2 Å². The van der Waals surface area contributed by atoms with E-state index in [2.05, 4.69) is 20.2 Å². The Morgan fingerprint density at radius 2 is 1.51 bits per heavy atom. The van der Waals surface area contributed by atoms with Crippen LogP contribution >= 0.6 is 11.6 Å². The number of carbonyl (C=O) groups is 1. The van der Waals surface area contributed by atoms with Crippen molar-refractivity contribution in [2.45, 2.75) is 4.90 Å². The number of hydrogen-bond acceptors (Lipinski definition) is 9. The van der Waals surface area contributed by atoms with Gasteiger partial charge in [-0.1, -0.05) is 16.7 Å². The molecule has 0 bridgehead atoms. The average molecular weight is 545 g/mol. The molecule has 0 radical (unpaired) electrons. The highest BCUT2D eigenvalue weighted by Gasteiger charge is 2.19. The highest BCUT2D eigenvalue weighted by atomic mass is 35.5. The number of nitrogens with zero attached hydrogens (tertiary/aromatic N) is 2. The Kier molecular flexibility index (Phi) is 7.50. The predicted octanol–water partition coefficient (Wildman–Crippen LogP) is 4.47. The molecule has 1 aromatic heterocycles. The van der Waals surface area contributed by atoms with Crippen LogP contribution in [0.25, 0.3) is 11.5 Å². The molecule has 3 aromatic carbocycles. The summed E-state index contributed by atoms with van der Waals surface area (Å²) in [4.78, 5) is 12.7. The predicted molar refractivity (Wildman–Crippen MR) is 136 cm³/mol. The molecule has 1 heterocycles.